The Kier molecular flexibility index (Phi) is 6.56. The summed E-state index contributed by atoms with van der Waals surface area (Å²) < 4.78 is 9.84. The lowest BCUT2D eigenvalue weighted by atomic mass is 10.3. The molecule has 0 bridgehead atoms. The van der Waals surface area contributed by atoms with Crippen LogP contribution in [-0.2, 0) is 9.53 Å². The zero-order chi connectivity index (χ0) is 13.2. The molecule has 0 radical (unpaired) electrons. The van der Waals surface area contributed by atoms with E-state index < -0.39 is 0 Å². The van der Waals surface area contributed by atoms with E-state index in [-0.39, 0.29) is 5.91 Å². The van der Waals surface area contributed by atoms with Gasteiger partial charge in [-0.3, -0.25) is 4.79 Å². The molecule has 1 aromatic heterocycles. The molecule has 0 aliphatic rings. The molecular weight excluding hydrogens is 234 g/mol. The molecule has 0 spiro atoms. The van der Waals surface area contributed by atoms with Crippen LogP contribution < -0.4 is 15.4 Å². The van der Waals surface area contributed by atoms with Gasteiger partial charge in [0.25, 0.3) is 0 Å². The maximum Gasteiger partial charge on any atom is 0.221 e. The molecule has 18 heavy (non-hydrogen) atoms. The molecule has 0 unspecified atom stereocenters. The molecule has 0 saturated carbocycles. The molecule has 0 aromatic carbocycles. The van der Waals surface area contributed by atoms with Crippen molar-refractivity contribution in [1.82, 2.24) is 10.3 Å². The molecule has 1 amide bonds. The number of hydrogen-bond acceptors (Lipinski definition) is 5. The third kappa shape index (κ3) is 5.49. The number of nitrogens with zero attached hydrogens (tertiary/aromatic N) is 1. The van der Waals surface area contributed by atoms with Crippen molar-refractivity contribution < 1.29 is 14.3 Å². The predicted octanol–water partition coefficient (Wildman–Crippen LogP) is 0.655. The van der Waals surface area contributed by atoms with E-state index in [2.05, 4.69) is 15.6 Å². The van der Waals surface area contributed by atoms with E-state index in [1.807, 2.05) is 12.1 Å². The van der Waals surface area contributed by atoms with Crippen LogP contribution in [0.5, 0.6) is 5.75 Å². The quantitative estimate of drug-likeness (QED) is 0.666. The van der Waals surface area contributed by atoms with Gasteiger partial charge in [-0.15, -0.1) is 0 Å². The van der Waals surface area contributed by atoms with E-state index >= 15 is 0 Å². The maximum absolute atomic E-state index is 11.4. The van der Waals surface area contributed by atoms with Gasteiger partial charge in [0.15, 0.2) is 0 Å². The Bertz CT molecular complexity index is 354. The molecule has 1 heterocycles. The number of carbonyl (C=O) groups excluding carboxylic acids is 1. The summed E-state index contributed by atoms with van der Waals surface area (Å²) in [4.78, 5) is 15.5. The van der Waals surface area contributed by atoms with E-state index in [1.165, 1.54) is 0 Å². The summed E-state index contributed by atoms with van der Waals surface area (Å²) in [5.74, 6) is 1.42. The standard InChI is InChI=1S/C12H19N3O3/c1-17-8-7-14-12(16)5-6-13-11-4-3-10(18-2)9-15-11/h3-4,9H,5-8H2,1-2H3,(H,13,15)(H,14,16). The van der Waals surface area contributed by atoms with Crippen molar-refractivity contribution in [3.05, 3.63) is 18.3 Å². The largest absolute Gasteiger partial charge is 0.495 e. The van der Waals surface area contributed by atoms with Gasteiger partial charge < -0.3 is 20.1 Å². The summed E-state index contributed by atoms with van der Waals surface area (Å²) in [5, 5.41) is 5.80. The van der Waals surface area contributed by atoms with Crippen LogP contribution in [0.1, 0.15) is 6.42 Å². The number of rotatable bonds is 8. The third-order valence-electron chi connectivity index (χ3n) is 2.26. The van der Waals surface area contributed by atoms with Gasteiger partial charge in [-0.05, 0) is 12.1 Å². The predicted molar refractivity (Wildman–Crippen MR) is 68.8 cm³/mol. The van der Waals surface area contributed by atoms with Crippen LogP contribution in [0.25, 0.3) is 0 Å². The minimum atomic E-state index is -0.00642. The van der Waals surface area contributed by atoms with Crippen molar-refractivity contribution >= 4 is 11.7 Å². The number of aromatic nitrogens is 1. The molecule has 6 heteroatoms. The molecule has 0 aliphatic carbocycles. The highest BCUT2D eigenvalue weighted by Gasteiger charge is 2.00. The van der Waals surface area contributed by atoms with Crippen molar-refractivity contribution in [2.75, 3.05) is 39.2 Å². The van der Waals surface area contributed by atoms with Crippen LogP contribution in [0, 0.1) is 0 Å². The van der Waals surface area contributed by atoms with Crippen molar-refractivity contribution in [3.8, 4) is 5.75 Å². The highest BCUT2D eigenvalue weighted by Crippen LogP contribution is 2.10. The summed E-state index contributed by atoms with van der Waals surface area (Å²) in [6.07, 6.45) is 2.03. The van der Waals surface area contributed by atoms with E-state index in [4.69, 9.17) is 9.47 Å². The van der Waals surface area contributed by atoms with Gasteiger partial charge in [-0.1, -0.05) is 0 Å². The van der Waals surface area contributed by atoms with Gasteiger partial charge in [0.1, 0.15) is 11.6 Å². The summed E-state index contributed by atoms with van der Waals surface area (Å²) in [7, 11) is 3.19. The number of pyridine rings is 1. The van der Waals surface area contributed by atoms with Crippen LogP contribution in [0.4, 0.5) is 5.82 Å². The Morgan fingerprint density at radius 2 is 2.17 bits per heavy atom. The van der Waals surface area contributed by atoms with Crippen molar-refractivity contribution in [1.29, 1.82) is 0 Å². The topological polar surface area (TPSA) is 72.5 Å². The summed E-state index contributed by atoms with van der Waals surface area (Å²) in [6, 6.07) is 3.62. The van der Waals surface area contributed by atoms with Crippen LogP contribution >= 0.6 is 0 Å². The second kappa shape index (κ2) is 8.30. The van der Waals surface area contributed by atoms with Crippen LogP contribution in [0.15, 0.2) is 18.3 Å². The first kappa shape index (κ1) is 14.2. The zero-order valence-corrected chi connectivity index (χ0v) is 10.7. The molecule has 0 atom stereocenters. The fraction of sp³-hybridized carbons (Fsp3) is 0.500. The lowest BCUT2D eigenvalue weighted by Crippen LogP contribution is -2.28. The SMILES string of the molecule is COCCNC(=O)CCNc1ccc(OC)cn1. The average molecular weight is 253 g/mol. The Balaban J connectivity index is 2.18. The number of hydrogen-bond donors (Lipinski definition) is 2. The second-order valence-electron chi connectivity index (χ2n) is 3.60. The highest BCUT2D eigenvalue weighted by atomic mass is 16.5. The summed E-state index contributed by atoms with van der Waals surface area (Å²) in [5.41, 5.74) is 0. The Hall–Kier alpha value is -1.82. The minimum Gasteiger partial charge on any atom is -0.495 e. The highest BCUT2D eigenvalue weighted by molar-refractivity contribution is 5.76. The smallest absolute Gasteiger partial charge is 0.221 e. The fourth-order valence-corrected chi connectivity index (χ4v) is 1.29. The van der Waals surface area contributed by atoms with Crippen molar-refractivity contribution in [2.45, 2.75) is 6.42 Å². The maximum atomic E-state index is 11.4. The second-order valence-corrected chi connectivity index (χ2v) is 3.60. The summed E-state index contributed by atoms with van der Waals surface area (Å²) in [6.45, 7) is 1.60. The van der Waals surface area contributed by atoms with E-state index in [9.17, 15) is 4.79 Å². The van der Waals surface area contributed by atoms with E-state index in [0.717, 1.165) is 5.82 Å². The van der Waals surface area contributed by atoms with E-state index in [0.29, 0.717) is 31.9 Å². The number of nitrogens with one attached hydrogen (secondary N) is 2. The number of carbonyl (C=O) groups is 1. The first-order valence-corrected chi connectivity index (χ1v) is 5.76. The number of ether oxygens (including phenoxy) is 2. The molecule has 0 aliphatic heterocycles. The van der Waals surface area contributed by atoms with Gasteiger partial charge in [0.05, 0.1) is 19.9 Å². The Labute approximate surface area is 107 Å². The first-order valence-electron chi connectivity index (χ1n) is 5.76. The summed E-state index contributed by atoms with van der Waals surface area (Å²) >= 11 is 0. The zero-order valence-electron chi connectivity index (χ0n) is 10.7. The molecule has 100 valence electrons. The van der Waals surface area contributed by atoms with Crippen LogP contribution in [-0.4, -0.2) is 44.8 Å². The lowest BCUT2D eigenvalue weighted by Gasteiger charge is -2.07. The molecule has 1 aromatic rings. The van der Waals surface area contributed by atoms with Crippen LogP contribution in [0.2, 0.25) is 0 Å². The molecule has 0 saturated heterocycles. The molecular formula is C12H19N3O3. The van der Waals surface area contributed by atoms with Crippen molar-refractivity contribution in [2.24, 2.45) is 0 Å². The van der Waals surface area contributed by atoms with Gasteiger partial charge in [0.2, 0.25) is 5.91 Å². The van der Waals surface area contributed by atoms with Gasteiger partial charge in [-0.2, -0.15) is 0 Å². The Morgan fingerprint density at radius 1 is 1.33 bits per heavy atom. The molecule has 6 nitrogen and oxygen atoms in total. The normalized spacial score (nSPS) is 9.89. The van der Waals surface area contributed by atoms with Gasteiger partial charge >= 0.3 is 0 Å². The fourth-order valence-electron chi connectivity index (χ4n) is 1.29. The van der Waals surface area contributed by atoms with Gasteiger partial charge in [-0.25, -0.2) is 4.98 Å². The molecule has 2 N–H and O–H groups in total. The molecule has 1 rings (SSSR count). The number of methoxy groups -OCH3 is 2. The Morgan fingerprint density at radius 3 is 2.78 bits per heavy atom. The molecule has 0 fully saturated rings. The minimum absolute atomic E-state index is 0.00642. The lowest BCUT2D eigenvalue weighted by molar-refractivity contribution is -0.121. The third-order valence-corrected chi connectivity index (χ3v) is 2.26. The first-order chi connectivity index (χ1) is 8.76. The van der Waals surface area contributed by atoms with E-state index in [1.54, 1.807) is 20.4 Å². The number of amides is 1. The van der Waals surface area contributed by atoms with Crippen molar-refractivity contribution in [3.63, 3.8) is 0 Å². The van der Waals surface area contributed by atoms with Gasteiger partial charge in [0, 0.05) is 26.6 Å². The monoisotopic (exact) mass is 253 g/mol. The average Bonchev–Trinajstić information content (AvgIpc) is 2.40. The van der Waals surface area contributed by atoms with Crippen LogP contribution in [0.3, 0.4) is 0 Å². The number of anilines is 1.